The van der Waals surface area contributed by atoms with E-state index in [0.717, 1.165) is 12.1 Å². The van der Waals surface area contributed by atoms with Crippen molar-refractivity contribution in [2.75, 3.05) is 6.61 Å². The van der Waals surface area contributed by atoms with Crippen molar-refractivity contribution in [3.8, 4) is 0 Å². The second-order valence-corrected chi connectivity index (χ2v) is 3.67. The molecule has 1 aromatic rings. The first-order valence-electron chi connectivity index (χ1n) is 5.10. The number of benzene rings is 1. The van der Waals surface area contributed by atoms with Crippen LogP contribution in [0.3, 0.4) is 0 Å². The Kier molecular flexibility index (Phi) is 6.59. The first kappa shape index (κ1) is 17.2. The van der Waals surface area contributed by atoms with Crippen LogP contribution in [0.4, 0.5) is 17.6 Å². The van der Waals surface area contributed by atoms with Crippen molar-refractivity contribution >= 4 is 12.4 Å². The molecule has 1 aromatic carbocycles. The summed E-state index contributed by atoms with van der Waals surface area (Å²) < 4.78 is 51.1. The summed E-state index contributed by atoms with van der Waals surface area (Å²) in [5.41, 5.74) is 3.98. The Morgan fingerprint density at radius 1 is 1.28 bits per heavy atom. The normalized spacial score (nSPS) is 13.0. The van der Waals surface area contributed by atoms with E-state index < -0.39 is 23.6 Å². The van der Waals surface area contributed by atoms with Crippen molar-refractivity contribution in [3.05, 3.63) is 35.1 Å². The SMILES string of the molecule is Cl.N[C@@H](CCCO)c1cccc(F)c1C(F)(F)F. The van der Waals surface area contributed by atoms with Crippen LogP contribution in [0.5, 0.6) is 0 Å². The molecular formula is C11H14ClF4NO. The highest BCUT2D eigenvalue weighted by atomic mass is 35.5. The largest absolute Gasteiger partial charge is 0.419 e. The third kappa shape index (κ3) is 4.12. The van der Waals surface area contributed by atoms with Gasteiger partial charge >= 0.3 is 6.18 Å². The fourth-order valence-electron chi connectivity index (χ4n) is 1.62. The van der Waals surface area contributed by atoms with Gasteiger partial charge in [-0.15, -0.1) is 12.4 Å². The minimum Gasteiger partial charge on any atom is -0.396 e. The average Bonchev–Trinajstić information content (AvgIpc) is 2.23. The van der Waals surface area contributed by atoms with Crippen molar-refractivity contribution in [2.45, 2.75) is 25.1 Å². The number of aliphatic hydroxyl groups excluding tert-OH is 1. The minimum atomic E-state index is -4.77. The molecule has 0 bridgehead atoms. The zero-order valence-electron chi connectivity index (χ0n) is 9.38. The maximum atomic E-state index is 13.2. The lowest BCUT2D eigenvalue weighted by Crippen LogP contribution is -2.19. The molecule has 104 valence electrons. The van der Waals surface area contributed by atoms with E-state index in [2.05, 4.69) is 0 Å². The second kappa shape index (κ2) is 6.92. The van der Waals surface area contributed by atoms with Gasteiger partial charge in [-0.2, -0.15) is 13.2 Å². The van der Waals surface area contributed by atoms with Gasteiger partial charge < -0.3 is 10.8 Å². The summed E-state index contributed by atoms with van der Waals surface area (Å²) in [6, 6.07) is 2.17. The van der Waals surface area contributed by atoms with Crippen molar-refractivity contribution in [1.82, 2.24) is 0 Å². The molecule has 1 rings (SSSR count). The quantitative estimate of drug-likeness (QED) is 0.836. The van der Waals surface area contributed by atoms with Crippen LogP contribution in [0, 0.1) is 5.82 Å². The zero-order valence-corrected chi connectivity index (χ0v) is 10.2. The van der Waals surface area contributed by atoms with E-state index in [1.54, 1.807) is 0 Å². The van der Waals surface area contributed by atoms with E-state index in [0.29, 0.717) is 0 Å². The van der Waals surface area contributed by atoms with Crippen LogP contribution in [-0.2, 0) is 6.18 Å². The maximum Gasteiger partial charge on any atom is 0.419 e. The molecule has 2 nitrogen and oxygen atoms in total. The Bertz CT molecular complexity index is 384. The van der Waals surface area contributed by atoms with Gasteiger partial charge in [0, 0.05) is 12.6 Å². The highest BCUT2D eigenvalue weighted by Gasteiger charge is 2.37. The van der Waals surface area contributed by atoms with Gasteiger partial charge in [0.1, 0.15) is 5.82 Å². The first-order valence-corrected chi connectivity index (χ1v) is 5.10. The molecule has 0 radical (unpaired) electrons. The molecule has 7 heteroatoms. The Balaban J connectivity index is 0.00000289. The summed E-state index contributed by atoms with van der Waals surface area (Å²) in [7, 11) is 0. The molecular weight excluding hydrogens is 274 g/mol. The van der Waals surface area contributed by atoms with Crippen LogP contribution in [0.1, 0.15) is 30.0 Å². The standard InChI is InChI=1S/C11H13F4NO.ClH/c12-8-4-1-3-7(9(16)5-2-6-17)10(8)11(13,14)15;/h1,3-4,9,17H,2,5-6,16H2;1H/t9-;/m0./s1. The molecule has 0 saturated heterocycles. The van der Waals surface area contributed by atoms with Crippen LogP contribution in [-0.4, -0.2) is 11.7 Å². The van der Waals surface area contributed by atoms with E-state index in [1.807, 2.05) is 0 Å². The van der Waals surface area contributed by atoms with Gasteiger partial charge in [-0.1, -0.05) is 12.1 Å². The van der Waals surface area contributed by atoms with Crippen molar-refractivity contribution in [1.29, 1.82) is 0 Å². The molecule has 0 heterocycles. The number of alkyl halides is 3. The van der Waals surface area contributed by atoms with Gasteiger partial charge in [0.2, 0.25) is 0 Å². The Morgan fingerprint density at radius 2 is 1.89 bits per heavy atom. The molecule has 0 saturated carbocycles. The van der Waals surface area contributed by atoms with Crippen LogP contribution < -0.4 is 5.73 Å². The van der Waals surface area contributed by atoms with E-state index in [9.17, 15) is 17.6 Å². The Hall–Kier alpha value is -0.850. The van der Waals surface area contributed by atoms with Crippen molar-refractivity contribution < 1.29 is 22.7 Å². The number of hydrogen-bond acceptors (Lipinski definition) is 2. The summed E-state index contributed by atoms with van der Waals surface area (Å²) in [4.78, 5) is 0. The van der Waals surface area contributed by atoms with Gasteiger partial charge in [0.25, 0.3) is 0 Å². The topological polar surface area (TPSA) is 46.2 Å². The molecule has 0 aliphatic rings. The fourth-order valence-corrected chi connectivity index (χ4v) is 1.62. The summed E-state index contributed by atoms with van der Waals surface area (Å²) >= 11 is 0. The molecule has 0 fully saturated rings. The van der Waals surface area contributed by atoms with E-state index in [4.69, 9.17) is 10.8 Å². The van der Waals surface area contributed by atoms with Crippen LogP contribution in [0.2, 0.25) is 0 Å². The predicted octanol–water partition coefficient (Wildman–Crippen LogP) is 3.04. The Labute approximate surface area is 108 Å². The van der Waals surface area contributed by atoms with Crippen LogP contribution >= 0.6 is 12.4 Å². The average molecular weight is 288 g/mol. The van der Waals surface area contributed by atoms with E-state index in [1.165, 1.54) is 6.07 Å². The lowest BCUT2D eigenvalue weighted by molar-refractivity contribution is -0.140. The number of nitrogens with two attached hydrogens (primary N) is 1. The van der Waals surface area contributed by atoms with Gasteiger partial charge in [0.15, 0.2) is 0 Å². The maximum absolute atomic E-state index is 13.2. The van der Waals surface area contributed by atoms with Crippen LogP contribution in [0.15, 0.2) is 18.2 Å². The minimum absolute atomic E-state index is 0. The summed E-state index contributed by atoms with van der Waals surface area (Å²) in [6.45, 7) is -0.162. The lowest BCUT2D eigenvalue weighted by Gasteiger charge is -2.18. The molecule has 0 spiro atoms. The second-order valence-electron chi connectivity index (χ2n) is 3.67. The third-order valence-corrected chi connectivity index (χ3v) is 2.40. The van der Waals surface area contributed by atoms with Crippen molar-refractivity contribution in [2.24, 2.45) is 5.73 Å². The molecule has 3 N–H and O–H groups in total. The molecule has 0 aliphatic carbocycles. The number of hydrogen-bond donors (Lipinski definition) is 2. The summed E-state index contributed by atoms with van der Waals surface area (Å²) in [6.07, 6.45) is -4.32. The van der Waals surface area contributed by atoms with Crippen LogP contribution in [0.25, 0.3) is 0 Å². The monoisotopic (exact) mass is 287 g/mol. The lowest BCUT2D eigenvalue weighted by atomic mass is 9.97. The highest BCUT2D eigenvalue weighted by molar-refractivity contribution is 5.85. The molecule has 0 aliphatic heterocycles. The van der Waals surface area contributed by atoms with Crippen molar-refractivity contribution in [3.63, 3.8) is 0 Å². The number of halogens is 5. The molecule has 0 amide bonds. The fraction of sp³-hybridized carbons (Fsp3) is 0.455. The number of aliphatic hydroxyl groups is 1. The predicted molar refractivity (Wildman–Crippen MR) is 61.9 cm³/mol. The number of rotatable bonds is 4. The van der Waals surface area contributed by atoms with Gasteiger partial charge in [-0.05, 0) is 24.5 Å². The Morgan fingerprint density at radius 3 is 2.39 bits per heavy atom. The summed E-state index contributed by atoms with van der Waals surface area (Å²) in [5.74, 6) is -1.32. The first-order chi connectivity index (χ1) is 7.88. The highest BCUT2D eigenvalue weighted by Crippen LogP contribution is 2.36. The zero-order chi connectivity index (χ0) is 13.1. The van der Waals surface area contributed by atoms with Gasteiger partial charge in [-0.3, -0.25) is 0 Å². The summed E-state index contributed by atoms with van der Waals surface area (Å²) in [5, 5.41) is 8.59. The molecule has 18 heavy (non-hydrogen) atoms. The molecule has 0 aromatic heterocycles. The smallest absolute Gasteiger partial charge is 0.396 e. The molecule has 0 unspecified atom stereocenters. The molecule has 1 atom stereocenters. The van der Waals surface area contributed by atoms with Gasteiger partial charge in [-0.25, -0.2) is 4.39 Å². The van der Waals surface area contributed by atoms with E-state index in [-0.39, 0.29) is 37.4 Å². The van der Waals surface area contributed by atoms with Gasteiger partial charge in [0.05, 0.1) is 5.56 Å². The third-order valence-electron chi connectivity index (χ3n) is 2.40. The van der Waals surface area contributed by atoms with E-state index >= 15 is 0 Å².